The Balaban J connectivity index is 1.60. The van der Waals surface area contributed by atoms with Crippen molar-refractivity contribution in [2.75, 3.05) is 12.4 Å². The number of nitrogens with one attached hydrogen (secondary N) is 2. The van der Waals surface area contributed by atoms with Crippen LogP contribution in [-0.4, -0.2) is 37.9 Å². The van der Waals surface area contributed by atoms with Crippen molar-refractivity contribution in [2.24, 2.45) is 0 Å². The second-order valence-corrected chi connectivity index (χ2v) is 8.34. The van der Waals surface area contributed by atoms with E-state index in [0.29, 0.717) is 5.69 Å². The lowest BCUT2D eigenvalue weighted by Gasteiger charge is -2.19. The van der Waals surface area contributed by atoms with Crippen LogP contribution in [-0.2, 0) is 10.0 Å². The molecular formula is C17H23N3O3S. The van der Waals surface area contributed by atoms with Gasteiger partial charge in [-0.05, 0) is 56.4 Å². The van der Waals surface area contributed by atoms with Crippen LogP contribution in [0.15, 0.2) is 41.3 Å². The Morgan fingerprint density at radius 3 is 2.46 bits per heavy atom. The van der Waals surface area contributed by atoms with Crippen LogP contribution in [0.25, 0.3) is 0 Å². The number of carbonyl (C=O) groups is 1. The summed E-state index contributed by atoms with van der Waals surface area (Å²) in [6.07, 6.45) is 9.00. The lowest BCUT2D eigenvalue weighted by molar-refractivity contribution is 0.249. The SMILES string of the molecule is CN(C1CC1)S(=O)(=O)c1ccc(NC(=O)N[C@@H]2C=CCCC2)cc1. The molecule has 0 heterocycles. The Kier molecular flexibility index (Phi) is 4.91. The lowest BCUT2D eigenvalue weighted by Crippen LogP contribution is -2.37. The minimum atomic E-state index is -3.45. The van der Waals surface area contributed by atoms with Crippen LogP contribution >= 0.6 is 0 Å². The molecule has 0 radical (unpaired) electrons. The van der Waals surface area contributed by atoms with E-state index in [9.17, 15) is 13.2 Å². The van der Waals surface area contributed by atoms with Gasteiger partial charge in [-0.2, -0.15) is 4.31 Å². The summed E-state index contributed by atoms with van der Waals surface area (Å²) < 4.78 is 26.3. The molecule has 2 amide bonds. The second-order valence-electron chi connectivity index (χ2n) is 6.34. The quantitative estimate of drug-likeness (QED) is 0.802. The van der Waals surface area contributed by atoms with Gasteiger partial charge in [-0.3, -0.25) is 0 Å². The Bertz CT molecular complexity index is 724. The first-order valence-electron chi connectivity index (χ1n) is 8.29. The number of allylic oxidation sites excluding steroid dienone is 1. The van der Waals surface area contributed by atoms with Crippen molar-refractivity contribution in [3.63, 3.8) is 0 Å². The van der Waals surface area contributed by atoms with Gasteiger partial charge in [0, 0.05) is 24.8 Å². The fourth-order valence-corrected chi connectivity index (χ4v) is 4.19. The topological polar surface area (TPSA) is 78.5 Å². The maximum Gasteiger partial charge on any atom is 0.319 e. The van der Waals surface area contributed by atoms with E-state index in [0.717, 1.165) is 32.1 Å². The molecule has 1 aromatic rings. The van der Waals surface area contributed by atoms with Crippen molar-refractivity contribution in [1.29, 1.82) is 0 Å². The van der Waals surface area contributed by atoms with Crippen LogP contribution in [0.2, 0.25) is 0 Å². The van der Waals surface area contributed by atoms with E-state index in [2.05, 4.69) is 16.7 Å². The van der Waals surface area contributed by atoms with E-state index in [1.807, 2.05) is 6.08 Å². The van der Waals surface area contributed by atoms with E-state index in [1.165, 1.54) is 16.4 Å². The molecule has 0 unspecified atom stereocenters. The fourth-order valence-electron chi connectivity index (χ4n) is 2.78. The summed E-state index contributed by atoms with van der Waals surface area (Å²) >= 11 is 0. The van der Waals surface area contributed by atoms with Crippen molar-refractivity contribution < 1.29 is 13.2 Å². The zero-order valence-corrected chi connectivity index (χ0v) is 14.6. The number of rotatable bonds is 5. The van der Waals surface area contributed by atoms with Crippen LogP contribution in [0.3, 0.4) is 0 Å². The zero-order chi connectivity index (χ0) is 17.2. The Morgan fingerprint density at radius 2 is 1.88 bits per heavy atom. The highest BCUT2D eigenvalue weighted by Gasteiger charge is 2.34. The standard InChI is InChI=1S/C17H23N3O3S/c1-20(15-9-10-15)24(22,23)16-11-7-14(8-12-16)19-17(21)18-13-5-3-2-4-6-13/h3,5,7-8,11-13,15H,2,4,6,9-10H2,1H3,(H2,18,19,21)/t13-/m1/s1. The van der Waals surface area contributed by atoms with E-state index >= 15 is 0 Å². The summed E-state index contributed by atoms with van der Waals surface area (Å²) in [7, 11) is -1.83. The predicted octanol–water partition coefficient (Wildman–Crippen LogP) is 2.70. The molecule has 2 N–H and O–H groups in total. The zero-order valence-electron chi connectivity index (χ0n) is 13.7. The normalized spacial score (nSPS) is 20.8. The average molecular weight is 349 g/mol. The first-order valence-corrected chi connectivity index (χ1v) is 9.73. The molecule has 24 heavy (non-hydrogen) atoms. The lowest BCUT2D eigenvalue weighted by atomic mass is 10.0. The van der Waals surface area contributed by atoms with E-state index < -0.39 is 10.0 Å². The Labute approximate surface area is 143 Å². The summed E-state index contributed by atoms with van der Waals surface area (Å²) in [6.45, 7) is 0. The minimum absolute atomic E-state index is 0.0607. The van der Waals surface area contributed by atoms with Crippen molar-refractivity contribution in [3.05, 3.63) is 36.4 Å². The number of hydrogen-bond acceptors (Lipinski definition) is 3. The number of sulfonamides is 1. The molecule has 1 fully saturated rings. The fraction of sp³-hybridized carbons (Fsp3) is 0.471. The molecule has 0 bridgehead atoms. The molecule has 7 heteroatoms. The van der Waals surface area contributed by atoms with E-state index in [-0.39, 0.29) is 23.0 Å². The monoisotopic (exact) mass is 349 g/mol. The molecule has 0 aliphatic heterocycles. The third kappa shape index (κ3) is 3.96. The number of carbonyl (C=O) groups excluding carboxylic acids is 1. The highest BCUT2D eigenvalue weighted by atomic mass is 32.2. The maximum absolute atomic E-state index is 12.4. The van der Waals surface area contributed by atoms with E-state index in [1.54, 1.807) is 19.2 Å². The second kappa shape index (κ2) is 6.94. The van der Waals surface area contributed by atoms with Crippen LogP contribution in [0.1, 0.15) is 32.1 Å². The van der Waals surface area contributed by atoms with Crippen molar-refractivity contribution in [1.82, 2.24) is 9.62 Å². The van der Waals surface area contributed by atoms with Gasteiger partial charge in [0.05, 0.1) is 4.90 Å². The molecule has 0 aromatic heterocycles. The molecule has 2 aliphatic rings. The van der Waals surface area contributed by atoms with Crippen LogP contribution in [0.4, 0.5) is 10.5 Å². The molecule has 1 atom stereocenters. The van der Waals surface area contributed by atoms with Crippen molar-refractivity contribution in [2.45, 2.75) is 49.1 Å². The molecule has 130 valence electrons. The molecule has 1 saturated carbocycles. The van der Waals surface area contributed by atoms with E-state index in [4.69, 9.17) is 0 Å². The maximum atomic E-state index is 12.4. The van der Waals surface area contributed by atoms with Gasteiger partial charge in [0.15, 0.2) is 0 Å². The number of anilines is 1. The molecule has 3 rings (SSSR count). The van der Waals surface area contributed by atoms with Gasteiger partial charge in [0.25, 0.3) is 0 Å². The number of urea groups is 1. The molecule has 1 aromatic carbocycles. The van der Waals surface area contributed by atoms with Crippen molar-refractivity contribution in [3.8, 4) is 0 Å². The Hall–Kier alpha value is -1.86. The first-order chi connectivity index (χ1) is 11.5. The Morgan fingerprint density at radius 1 is 1.17 bits per heavy atom. The summed E-state index contributed by atoms with van der Waals surface area (Å²) in [4.78, 5) is 12.2. The largest absolute Gasteiger partial charge is 0.332 e. The van der Waals surface area contributed by atoms with Gasteiger partial charge in [-0.25, -0.2) is 13.2 Å². The van der Waals surface area contributed by atoms with Gasteiger partial charge >= 0.3 is 6.03 Å². The molecule has 0 saturated heterocycles. The number of hydrogen-bond donors (Lipinski definition) is 2. The van der Waals surface area contributed by atoms with Crippen LogP contribution in [0.5, 0.6) is 0 Å². The highest BCUT2D eigenvalue weighted by Crippen LogP contribution is 2.30. The molecule has 2 aliphatic carbocycles. The van der Waals surface area contributed by atoms with Gasteiger partial charge in [0.2, 0.25) is 10.0 Å². The number of nitrogens with zero attached hydrogens (tertiary/aromatic N) is 1. The third-order valence-corrected chi connectivity index (χ3v) is 6.35. The average Bonchev–Trinajstić information content (AvgIpc) is 3.40. The van der Waals surface area contributed by atoms with Gasteiger partial charge in [0.1, 0.15) is 0 Å². The first kappa shape index (κ1) is 17.0. The minimum Gasteiger partial charge on any atom is -0.332 e. The third-order valence-electron chi connectivity index (χ3n) is 4.42. The molecule has 0 spiro atoms. The highest BCUT2D eigenvalue weighted by molar-refractivity contribution is 7.89. The van der Waals surface area contributed by atoms with Gasteiger partial charge < -0.3 is 10.6 Å². The number of benzene rings is 1. The summed E-state index contributed by atoms with van der Waals surface area (Å²) in [5.74, 6) is 0. The smallest absolute Gasteiger partial charge is 0.319 e. The van der Waals surface area contributed by atoms with Crippen molar-refractivity contribution >= 4 is 21.7 Å². The summed E-state index contributed by atoms with van der Waals surface area (Å²) in [5.41, 5.74) is 0.570. The molecular weight excluding hydrogens is 326 g/mol. The number of amides is 2. The molecule has 6 nitrogen and oxygen atoms in total. The van der Waals surface area contributed by atoms with Crippen LogP contribution in [0, 0.1) is 0 Å². The predicted molar refractivity (Wildman–Crippen MR) is 93.3 cm³/mol. The van der Waals surface area contributed by atoms with Crippen LogP contribution < -0.4 is 10.6 Å². The summed E-state index contributed by atoms with van der Waals surface area (Å²) in [5, 5.41) is 5.63. The van der Waals surface area contributed by atoms with Gasteiger partial charge in [-0.1, -0.05) is 12.2 Å². The summed E-state index contributed by atoms with van der Waals surface area (Å²) in [6, 6.07) is 6.20. The van der Waals surface area contributed by atoms with Gasteiger partial charge in [-0.15, -0.1) is 0 Å².